The van der Waals surface area contributed by atoms with E-state index in [1.807, 2.05) is 30.3 Å². The van der Waals surface area contributed by atoms with Crippen LogP contribution in [0.5, 0.6) is 23.0 Å². The summed E-state index contributed by atoms with van der Waals surface area (Å²) in [5.74, 6) is 0.126. The van der Waals surface area contributed by atoms with Gasteiger partial charge in [-0.2, -0.15) is 5.10 Å². The maximum Gasteiger partial charge on any atom is 0.191 e. The van der Waals surface area contributed by atoms with Crippen molar-refractivity contribution in [3.63, 3.8) is 0 Å². The third kappa shape index (κ3) is 7.41. The average molecular weight is 734 g/mol. The summed E-state index contributed by atoms with van der Waals surface area (Å²) in [5, 5.41) is 8.21. The van der Waals surface area contributed by atoms with Crippen LogP contribution >= 0.6 is 23.8 Å². The fraction of sp³-hybridized carbons (Fsp3) is 0.100. The zero-order chi connectivity index (χ0) is 36.2. The molecule has 0 amide bonds. The van der Waals surface area contributed by atoms with Crippen molar-refractivity contribution in [2.24, 2.45) is 10.8 Å². The number of nitrogens with zero attached hydrogens (tertiary/aromatic N) is 4. The van der Waals surface area contributed by atoms with Gasteiger partial charge in [0.1, 0.15) is 11.6 Å². The molecule has 8 nitrogen and oxygen atoms in total. The summed E-state index contributed by atoms with van der Waals surface area (Å²) in [4.78, 5) is 9.32. The van der Waals surface area contributed by atoms with E-state index in [-0.39, 0.29) is 21.6 Å². The summed E-state index contributed by atoms with van der Waals surface area (Å²) in [6, 6.07) is 29.7. The van der Waals surface area contributed by atoms with Gasteiger partial charge in [-0.1, -0.05) is 41.9 Å². The van der Waals surface area contributed by atoms with Gasteiger partial charge >= 0.3 is 0 Å². The number of thiocarbonyl (C=S) groups is 1. The van der Waals surface area contributed by atoms with E-state index in [1.165, 1.54) is 36.0 Å². The third-order valence-corrected chi connectivity index (χ3v) is 8.85. The number of hydrogen-bond acceptors (Lipinski definition) is 7. The zero-order valence-corrected chi connectivity index (χ0v) is 29.3. The first-order valence-corrected chi connectivity index (χ1v) is 17.0. The smallest absolute Gasteiger partial charge is 0.191 e. The minimum atomic E-state index is -0.694. The van der Waals surface area contributed by atoms with Gasteiger partial charge < -0.3 is 19.9 Å². The number of rotatable bonds is 11. The lowest BCUT2D eigenvalue weighted by Gasteiger charge is -2.18. The molecule has 52 heavy (non-hydrogen) atoms. The molecule has 0 aliphatic heterocycles. The molecule has 0 aliphatic carbocycles. The molecule has 0 radical (unpaired) electrons. The number of benzene rings is 5. The second-order valence-electron chi connectivity index (χ2n) is 11.7. The molecule has 0 fully saturated rings. The quantitative estimate of drug-likeness (QED) is 0.0462. The molecule has 260 valence electrons. The summed E-state index contributed by atoms with van der Waals surface area (Å²) < 4.78 is 46.8. The SMILES string of the molecule is COc1cc2c(Oc3ccc(N(/N=C/c4ccc(F)cc4Cl)C(N)=S)cc3F)ccnc2cc1OCCCc1cccc2nc3ccccc3cc12. The molecule has 12 heteroatoms. The van der Waals surface area contributed by atoms with Crippen LogP contribution in [0.3, 0.4) is 0 Å². The van der Waals surface area contributed by atoms with Gasteiger partial charge in [0.05, 0.1) is 47.2 Å². The van der Waals surface area contributed by atoms with Gasteiger partial charge in [-0.15, -0.1) is 0 Å². The standard InChI is InChI=1S/C40H30ClF2N5O3S/c1-49-38-21-30-35(22-39(38)50-17-5-8-24-7-4-10-34-29(24)18-25-6-2-3-9-33(25)47-34)45-16-15-36(30)51-37-14-13-28(20-32(37)43)48(40(44)52)46-23-26-11-12-27(42)19-31(26)41/h2-4,6-7,9-16,18-23H,5,8,17H2,1H3,(H2,44,52)/b46-23+. The predicted octanol–water partition coefficient (Wildman–Crippen LogP) is 9.76. The van der Waals surface area contributed by atoms with Gasteiger partial charge in [-0.05, 0) is 91.3 Å². The molecule has 0 spiro atoms. The van der Waals surface area contributed by atoms with E-state index >= 15 is 4.39 Å². The molecule has 7 aromatic rings. The topological polar surface area (TPSA) is 95.1 Å². The summed E-state index contributed by atoms with van der Waals surface area (Å²) in [7, 11) is 1.55. The molecule has 0 saturated carbocycles. The Kier molecular flexibility index (Phi) is 10.1. The zero-order valence-electron chi connectivity index (χ0n) is 27.7. The van der Waals surface area contributed by atoms with Crippen LogP contribution in [0.25, 0.3) is 32.7 Å². The van der Waals surface area contributed by atoms with Crippen molar-refractivity contribution < 1.29 is 23.0 Å². The molecule has 0 aliphatic rings. The van der Waals surface area contributed by atoms with Crippen LogP contribution in [0, 0.1) is 11.6 Å². The molecule has 7 rings (SSSR count). The third-order valence-electron chi connectivity index (χ3n) is 8.35. The highest BCUT2D eigenvalue weighted by molar-refractivity contribution is 7.80. The van der Waals surface area contributed by atoms with Crippen molar-refractivity contribution in [3.8, 4) is 23.0 Å². The Morgan fingerprint density at radius 3 is 2.52 bits per heavy atom. The Morgan fingerprint density at radius 2 is 1.71 bits per heavy atom. The summed E-state index contributed by atoms with van der Waals surface area (Å²) in [6.07, 6.45) is 4.48. The van der Waals surface area contributed by atoms with E-state index in [4.69, 9.17) is 48.7 Å². The van der Waals surface area contributed by atoms with Crippen LogP contribution in [0.2, 0.25) is 5.02 Å². The van der Waals surface area contributed by atoms with Crippen LogP contribution in [0.15, 0.2) is 114 Å². The number of aromatic nitrogens is 2. The molecule has 2 N–H and O–H groups in total. The first-order chi connectivity index (χ1) is 25.3. The average Bonchev–Trinajstić information content (AvgIpc) is 3.14. The van der Waals surface area contributed by atoms with Crippen LogP contribution < -0.4 is 25.0 Å². The second-order valence-corrected chi connectivity index (χ2v) is 12.5. The van der Waals surface area contributed by atoms with Crippen molar-refractivity contribution in [1.29, 1.82) is 0 Å². The van der Waals surface area contributed by atoms with Crippen molar-refractivity contribution in [1.82, 2.24) is 9.97 Å². The Bertz CT molecular complexity index is 2500. The molecule has 2 heterocycles. The molecular weight excluding hydrogens is 704 g/mol. The van der Waals surface area contributed by atoms with E-state index in [0.717, 1.165) is 45.7 Å². The number of fused-ring (bicyclic) bond motifs is 3. The number of ether oxygens (including phenoxy) is 3. The number of aryl methyl sites for hydroxylation is 1. The van der Waals surface area contributed by atoms with Crippen molar-refractivity contribution in [2.45, 2.75) is 12.8 Å². The van der Waals surface area contributed by atoms with E-state index in [0.29, 0.717) is 40.3 Å². The number of methoxy groups -OCH3 is 1. The van der Waals surface area contributed by atoms with Gasteiger partial charge in [-0.25, -0.2) is 18.8 Å². The normalized spacial score (nSPS) is 11.4. The van der Waals surface area contributed by atoms with E-state index < -0.39 is 11.6 Å². The van der Waals surface area contributed by atoms with Crippen molar-refractivity contribution >= 4 is 73.5 Å². The molecule has 0 bridgehead atoms. The molecule has 5 aromatic carbocycles. The number of hydrogen-bond donors (Lipinski definition) is 1. The van der Waals surface area contributed by atoms with Crippen LogP contribution in [0.1, 0.15) is 17.5 Å². The molecule has 2 aromatic heterocycles. The van der Waals surface area contributed by atoms with Crippen LogP contribution in [-0.4, -0.2) is 35.0 Å². The van der Waals surface area contributed by atoms with Gasteiger partial charge in [0.25, 0.3) is 0 Å². The Balaban J connectivity index is 1.06. The first-order valence-electron chi connectivity index (χ1n) is 16.2. The summed E-state index contributed by atoms with van der Waals surface area (Å²) in [6.45, 7) is 0.442. The molecule has 0 saturated heterocycles. The summed E-state index contributed by atoms with van der Waals surface area (Å²) in [5.41, 5.74) is 10.3. The number of nitrogens with two attached hydrogens (primary N) is 1. The van der Waals surface area contributed by atoms with Crippen molar-refractivity contribution in [3.05, 3.63) is 137 Å². The van der Waals surface area contributed by atoms with Crippen LogP contribution in [0.4, 0.5) is 14.5 Å². The van der Waals surface area contributed by atoms with E-state index in [1.54, 1.807) is 37.6 Å². The minimum absolute atomic E-state index is 0.0550. The van der Waals surface area contributed by atoms with Gasteiger partial charge in [-0.3, -0.25) is 4.98 Å². The first kappa shape index (κ1) is 34.5. The maximum absolute atomic E-state index is 15.5. The van der Waals surface area contributed by atoms with Gasteiger partial charge in [0.2, 0.25) is 0 Å². The number of pyridine rings is 2. The molecule has 0 unspecified atom stereocenters. The number of hydrazone groups is 1. The highest BCUT2D eigenvalue weighted by Crippen LogP contribution is 2.38. The fourth-order valence-electron chi connectivity index (χ4n) is 5.81. The monoisotopic (exact) mass is 733 g/mol. The van der Waals surface area contributed by atoms with Gasteiger partial charge in [0.15, 0.2) is 28.2 Å². The van der Waals surface area contributed by atoms with Gasteiger partial charge in [0, 0.05) is 40.1 Å². The van der Waals surface area contributed by atoms with E-state index in [9.17, 15) is 4.39 Å². The highest BCUT2D eigenvalue weighted by atomic mass is 35.5. The summed E-state index contributed by atoms with van der Waals surface area (Å²) >= 11 is 11.2. The number of halogens is 3. The Morgan fingerprint density at radius 1 is 0.865 bits per heavy atom. The largest absolute Gasteiger partial charge is 0.493 e. The van der Waals surface area contributed by atoms with E-state index in [2.05, 4.69) is 28.3 Å². The Labute approximate surface area is 308 Å². The molecule has 0 atom stereocenters. The van der Waals surface area contributed by atoms with Crippen LogP contribution in [-0.2, 0) is 6.42 Å². The Hall–Kier alpha value is -5.91. The van der Waals surface area contributed by atoms with Crippen molar-refractivity contribution in [2.75, 3.05) is 18.7 Å². The maximum atomic E-state index is 15.5. The lowest BCUT2D eigenvalue weighted by molar-refractivity contribution is 0.290. The fourth-order valence-corrected chi connectivity index (χ4v) is 6.18. The predicted molar refractivity (Wildman–Crippen MR) is 206 cm³/mol. The lowest BCUT2D eigenvalue weighted by Crippen LogP contribution is -2.31. The minimum Gasteiger partial charge on any atom is -0.493 e. The second kappa shape index (κ2) is 15.1. The lowest BCUT2D eigenvalue weighted by atomic mass is 10.0. The number of para-hydroxylation sites is 1. The molecular formula is C40H30ClF2N5O3S. The highest BCUT2D eigenvalue weighted by Gasteiger charge is 2.16. The number of anilines is 1.